The van der Waals surface area contributed by atoms with Crippen LogP contribution in [0.2, 0.25) is 0 Å². The number of rotatable bonds is 5. The van der Waals surface area contributed by atoms with Crippen LogP contribution in [-0.4, -0.2) is 24.0 Å². The fourth-order valence-corrected chi connectivity index (χ4v) is 3.09. The van der Waals surface area contributed by atoms with Gasteiger partial charge >= 0.3 is 6.18 Å². The lowest BCUT2D eigenvalue weighted by molar-refractivity contribution is -0.137. The van der Waals surface area contributed by atoms with E-state index >= 15 is 0 Å². The van der Waals surface area contributed by atoms with Crippen LogP contribution < -0.4 is 20.7 Å². The maximum absolute atomic E-state index is 12.9. The number of methoxy groups -OCH3 is 1. The number of halogens is 3. The first-order valence-corrected chi connectivity index (χ1v) is 9.92. The highest BCUT2D eigenvalue weighted by molar-refractivity contribution is 7.80. The number of thiocarbonyl (C=S) groups is 1. The molecule has 3 N–H and O–H groups in total. The van der Waals surface area contributed by atoms with E-state index in [4.69, 9.17) is 17.0 Å². The molecule has 0 unspecified atom stereocenters. The predicted molar refractivity (Wildman–Crippen MR) is 123 cm³/mol. The average Bonchev–Trinajstić information content (AvgIpc) is 2.78. The average molecular weight is 473 g/mol. The normalized spacial score (nSPS) is 10.8. The van der Waals surface area contributed by atoms with Gasteiger partial charge in [-0.3, -0.25) is 14.9 Å². The van der Waals surface area contributed by atoms with E-state index in [2.05, 4.69) is 16.0 Å². The zero-order valence-corrected chi connectivity index (χ0v) is 18.0. The van der Waals surface area contributed by atoms with E-state index in [-0.39, 0.29) is 16.4 Å². The summed E-state index contributed by atoms with van der Waals surface area (Å²) in [6.07, 6.45) is -4.52. The Hall–Kier alpha value is -3.92. The number of anilines is 2. The first kappa shape index (κ1) is 23.7. The van der Waals surface area contributed by atoms with Crippen molar-refractivity contribution in [2.24, 2.45) is 0 Å². The molecule has 3 rings (SSSR count). The maximum Gasteiger partial charge on any atom is 0.416 e. The van der Waals surface area contributed by atoms with E-state index in [1.54, 1.807) is 36.4 Å². The molecule has 0 spiro atoms. The number of amides is 2. The Bertz CT molecular complexity index is 1200. The van der Waals surface area contributed by atoms with Gasteiger partial charge in [-0.1, -0.05) is 24.3 Å². The van der Waals surface area contributed by atoms with Crippen LogP contribution in [0.5, 0.6) is 5.75 Å². The van der Waals surface area contributed by atoms with Crippen LogP contribution in [0.15, 0.2) is 72.8 Å². The lowest BCUT2D eigenvalue weighted by atomic mass is 10.1. The molecular formula is C23H18F3N3O3S. The summed E-state index contributed by atoms with van der Waals surface area (Å²) in [7, 11) is 1.44. The van der Waals surface area contributed by atoms with Crippen molar-refractivity contribution in [3.8, 4) is 5.75 Å². The zero-order valence-electron chi connectivity index (χ0n) is 17.2. The molecule has 0 saturated heterocycles. The molecule has 0 saturated carbocycles. The predicted octanol–water partition coefficient (Wildman–Crippen LogP) is 5.09. The van der Waals surface area contributed by atoms with Crippen LogP contribution in [0.4, 0.5) is 24.5 Å². The van der Waals surface area contributed by atoms with Crippen LogP contribution in [0, 0.1) is 0 Å². The molecule has 10 heteroatoms. The SMILES string of the molecule is COc1ccccc1C(=O)NC(=S)Nc1cccc(C(=O)Nc2cccc(C(F)(F)F)c2)c1. The summed E-state index contributed by atoms with van der Waals surface area (Å²) in [6, 6.07) is 17.1. The number of nitrogens with one attached hydrogen (secondary N) is 3. The number of benzene rings is 3. The summed E-state index contributed by atoms with van der Waals surface area (Å²) in [4.78, 5) is 24.9. The Labute approximate surface area is 192 Å². The minimum absolute atomic E-state index is 0.00720. The van der Waals surface area contributed by atoms with E-state index < -0.39 is 23.6 Å². The van der Waals surface area contributed by atoms with Gasteiger partial charge in [-0.05, 0) is 60.7 Å². The molecule has 33 heavy (non-hydrogen) atoms. The molecule has 3 aromatic rings. The number of carbonyl (C=O) groups excluding carboxylic acids is 2. The quantitative estimate of drug-likeness (QED) is 0.450. The van der Waals surface area contributed by atoms with E-state index in [0.717, 1.165) is 12.1 Å². The number of carbonyl (C=O) groups is 2. The third-order valence-electron chi connectivity index (χ3n) is 4.41. The first-order chi connectivity index (χ1) is 15.7. The monoisotopic (exact) mass is 473 g/mol. The second-order valence-electron chi connectivity index (χ2n) is 6.72. The van der Waals surface area contributed by atoms with Gasteiger partial charge < -0.3 is 15.4 Å². The lowest BCUT2D eigenvalue weighted by Gasteiger charge is -2.13. The smallest absolute Gasteiger partial charge is 0.416 e. The molecule has 0 radical (unpaired) electrons. The summed E-state index contributed by atoms with van der Waals surface area (Å²) in [5, 5.41) is 7.74. The summed E-state index contributed by atoms with van der Waals surface area (Å²) in [6.45, 7) is 0. The number of ether oxygens (including phenoxy) is 1. The minimum atomic E-state index is -4.52. The van der Waals surface area contributed by atoms with Crippen molar-refractivity contribution in [2.75, 3.05) is 17.7 Å². The molecule has 0 aromatic heterocycles. The molecule has 6 nitrogen and oxygen atoms in total. The summed E-state index contributed by atoms with van der Waals surface area (Å²) in [5.74, 6) is -0.712. The van der Waals surface area contributed by atoms with Gasteiger partial charge in [0.25, 0.3) is 11.8 Å². The Morgan fingerprint density at radius 1 is 0.848 bits per heavy atom. The first-order valence-electron chi connectivity index (χ1n) is 9.51. The van der Waals surface area contributed by atoms with Crippen molar-refractivity contribution < 1.29 is 27.5 Å². The molecule has 3 aromatic carbocycles. The van der Waals surface area contributed by atoms with Crippen molar-refractivity contribution in [3.05, 3.63) is 89.5 Å². The molecule has 2 amide bonds. The Kier molecular flexibility index (Phi) is 7.29. The molecule has 0 atom stereocenters. The number of para-hydroxylation sites is 1. The lowest BCUT2D eigenvalue weighted by Crippen LogP contribution is -2.34. The Morgan fingerprint density at radius 3 is 2.21 bits per heavy atom. The fraction of sp³-hybridized carbons (Fsp3) is 0.0870. The second-order valence-corrected chi connectivity index (χ2v) is 7.13. The van der Waals surface area contributed by atoms with Crippen LogP contribution >= 0.6 is 12.2 Å². The van der Waals surface area contributed by atoms with Gasteiger partial charge in [0.15, 0.2) is 5.11 Å². The summed E-state index contributed by atoms with van der Waals surface area (Å²) < 4.78 is 43.8. The van der Waals surface area contributed by atoms with Gasteiger partial charge in [-0.2, -0.15) is 13.2 Å². The third kappa shape index (κ3) is 6.30. The topological polar surface area (TPSA) is 79.5 Å². The van der Waals surface area contributed by atoms with Gasteiger partial charge in [0.2, 0.25) is 0 Å². The second kappa shape index (κ2) is 10.1. The summed E-state index contributed by atoms with van der Waals surface area (Å²) >= 11 is 5.16. The van der Waals surface area contributed by atoms with Crippen molar-refractivity contribution in [1.82, 2.24) is 5.32 Å². The molecule has 0 aliphatic rings. The fourth-order valence-electron chi connectivity index (χ4n) is 2.88. The Balaban J connectivity index is 1.66. The van der Waals surface area contributed by atoms with Crippen LogP contribution in [0.3, 0.4) is 0 Å². The molecule has 0 aliphatic heterocycles. The van der Waals surface area contributed by atoms with Gasteiger partial charge in [0.1, 0.15) is 5.75 Å². The van der Waals surface area contributed by atoms with Gasteiger partial charge in [0.05, 0.1) is 18.2 Å². The highest BCUT2D eigenvalue weighted by Gasteiger charge is 2.30. The minimum Gasteiger partial charge on any atom is -0.496 e. The standard InChI is InChI=1S/C23H18F3N3O3S/c1-32-19-11-3-2-10-18(19)21(31)29-22(33)28-16-8-4-6-14(12-16)20(30)27-17-9-5-7-15(13-17)23(24,25)26/h2-13H,1H3,(H,27,30)(H2,28,29,31,33). The Morgan fingerprint density at radius 2 is 1.52 bits per heavy atom. The number of alkyl halides is 3. The molecule has 0 heterocycles. The van der Waals surface area contributed by atoms with Crippen molar-refractivity contribution >= 4 is 40.5 Å². The van der Waals surface area contributed by atoms with Gasteiger partial charge in [0, 0.05) is 16.9 Å². The number of hydrogen-bond acceptors (Lipinski definition) is 4. The van der Waals surface area contributed by atoms with Crippen molar-refractivity contribution in [3.63, 3.8) is 0 Å². The molecular weight excluding hydrogens is 455 g/mol. The third-order valence-corrected chi connectivity index (χ3v) is 4.61. The van der Waals surface area contributed by atoms with E-state index in [0.29, 0.717) is 17.0 Å². The molecule has 0 bridgehead atoms. The van der Waals surface area contributed by atoms with Crippen LogP contribution in [0.1, 0.15) is 26.3 Å². The van der Waals surface area contributed by atoms with E-state index in [9.17, 15) is 22.8 Å². The molecule has 0 aliphatic carbocycles. The highest BCUT2D eigenvalue weighted by atomic mass is 32.1. The largest absolute Gasteiger partial charge is 0.496 e. The maximum atomic E-state index is 12.9. The molecule has 0 fully saturated rings. The zero-order chi connectivity index (χ0) is 24.0. The van der Waals surface area contributed by atoms with Crippen LogP contribution in [-0.2, 0) is 6.18 Å². The van der Waals surface area contributed by atoms with E-state index in [1.807, 2.05) is 0 Å². The highest BCUT2D eigenvalue weighted by Crippen LogP contribution is 2.30. The van der Waals surface area contributed by atoms with E-state index in [1.165, 1.54) is 31.4 Å². The number of hydrogen-bond donors (Lipinski definition) is 3. The summed E-state index contributed by atoms with van der Waals surface area (Å²) in [5.41, 5.74) is 0.00582. The molecule has 170 valence electrons. The van der Waals surface area contributed by atoms with Gasteiger partial charge in [-0.25, -0.2) is 0 Å². The van der Waals surface area contributed by atoms with Gasteiger partial charge in [-0.15, -0.1) is 0 Å². The van der Waals surface area contributed by atoms with Crippen molar-refractivity contribution in [2.45, 2.75) is 6.18 Å². The van der Waals surface area contributed by atoms with Crippen LogP contribution in [0.25, 0.3) is 0 Å². The van der Waals surface area contributed by atoms with Crippen molar-refractivity contribution in [1.29, 1.82) is 0 Å².